The van der Waals surface area contributed by atoms with E-state index in [1.165, 1.54) is 13.2 Å². The zero-order chi connectivity index (χ0) is 16.1. The molecule has 0 N–H and O–H groups in total. The fraction of sp³-hybridized carbons (Fsp3) is 0.0667. The molecule has 0 radical (unpaired) electrons. The number of nitro groups is 1. The first-order valence-corrected chi connectivity index (χ1v) is 6.04. The van der Waals surface area contributed by atoms with E-state index in [2.05, 4.69) is 0 Å². The average molecular weight is 295 g/mol. The average Bonchev–Trinajstić information content (AvgIpc) is 2.54. The maximum atomic E-state index is 11.1. The quantitative estimate of drug-likeness (QED) is 0.633. The summed E-state index contributed by atoms with van der Waals surface area (Å²) in [5.41, 5.74) is -0.485. The maximum absolute atomic E-state index is 11.1. The standard InChI is InChI=1S/C15H9N3O4/c1-21-13-4-2-3-5-14(13)22-15-7-11(9-17)10(8-16)6-12(15)18(19)20/h2-7H,1H3. The Morgan fingerprint density at radius 3 is 2.18 bits per heavy atom. The number of ether oxygens (including phenoxy) is 2. The van der Waals surface area contributed by atoms with Crippen molar-refractivity contribution in [2.24, 2.45) is 0 Å². The molecule has 0 fully saturated rings. The van der Waals surface area contributed by atoms with Gasteiger partial charge in [0.25, 0.3) is 0 Å². The Bertz CT molecular complexity index is 819. The molecule has 108 valence electrons. The molecule has 0 spiro atoms. The van der Waals surface area contributed by atoms with Crippen LogP contribution in [0.1, 0.15) is 11.1 Å². The van der Waals surface area contributed by atoms with Gasteiger partial charge in [0, 0.05) is 12.1 Å². The van der Waals surface area contributed by atoms with Gasteiger partial charge < -0.3 is 9.47 Å². The number of para-hydroxylation sites is 2. The molecule has 0 amide bonds. The fourth-order valence-corrected chi connectivity index (χ4v) is 1.80. The molecule has 0 unspecified atom stereocenters. The molecule has 0 saturated carbocycles. The molecule has 2 aromatic rings. The summed E-state index contributed by atoms with van der Waals surface area (Å²) in [5, 5.41) is 29.1. The molecule has 7 heteroatoms. The van der Waals surface area contributed by atoms with Gasteiger partial charge in [0.1, 0.15) is 12.1 Å². The van der Waals surface area contributed by atoms with Crippen molar-refractivity contribution in [3.05, 3.63) is 57.6 Å². The molecule has 22 heavy (non-hydrogen) atoms. The second-order valence-corrected chi connectivity index (χ2v) is 4.10. The van der Waals surface area contributed by atoms with Crippen molar-refractivity contribution < 1.29 is 14.4 Å². The van der Waals surface area contributed by atoms with Crippen molar-refractivity contribution >= 4 is 5.69 Å². The lowest BCUT2D eigenvalue weighted by molar-refractivity contribution is -0.385. The molecule has 0 aliphatic rings. The van der Waals surface area contributed by atoms with Gasteiger partial charge in [-0.25, -0.2) is 0 Å². The molecule has 0 bridgehead atoms. The Kier molecular flexibility index (Phi) is 4.21. The van der Waals surface area contributed by atoms with Crippen LogP contribution in [0.2, 0.25) is 0 Å². The summed E-state index contributed by atoms with van der Waals surface area (Å²) >= 11 is 0. The topological polar surface area (TPSA) is 109 Å². The minimum absolute atomic E-state index is 0.00185. The summed E-state index contributed by atoms with van der Waals surface area (Å²) in [6, 6.07) is 12.4. The van der Waals surface area contributed by atoms with Gasteiger partial charge in [-0.2, -0.15) is 10.5 Å². The summed E-state index contributed by atoms with van der Waals surface area (Å²) < 4.78 is 10.6. The van der Waals surface area contributed by atoms with Crippen LogP contribution in [-0.4, -0.2) is 12.0 Å². The molecule has 2 aromatic carbocycles. The van der Waals surface area contributed by atoms with Crippen LogP contribution in [0.25, 0.3) is 0 Å². The highest BCUT2D eigenvalue weighted by Crippen LogP contribution is 2.37. The number of nitro benzene ring substituents is 1. The lowest BCUT2D eigenvalue weighted by Gasteiger charge is -2.10. The van der Waals surface area contributed by atoms with Gasteiger partial charge >= 0.3 is 5.69 Å². The molecular formula is C15H9N3O4. The number of nitrogens with zero attached hydrogens (tertiary/aromatic N) is 3. The lowest BCUT2D eigenvalue weighted by Crippen LogP contribution is -1.97. The van der Waals surface area contributed by atoms with Crippen molar-refractivity contribution in [3.63, 3.8) is 0 Å². The lowest BCUT2D eigenvalue weighted by atomic mass is 10.1. The van der Waals surface area contributed by atoms with Crippen LogP contribution in [0, 0.1) is 32.8 Å². The number of nitriles is 2. The Morgan fingerprint density at radius 1 is 1.05 bits per heavy atom. The molecular weight excluding hydrogens is 286 g/mol. The predicted molar refractivity (Wildman–Crippen MR) is 75.6 cm³/mol. The first-order chi connectivity index (χ1) is 10.6. The van der Waals surface area contributed by atoms with Crippen LogP contribution >= 0.6 is 0 Å². The zero-order valence-corrected chi connectivity index (χ0v) is 11.4. The third kappa shape index (κ3) is 2.79. The van der Waals surface area contributed by atoms with E-state index >= 15 is 0 Å². The summed E-state index contributed by atoms with van der Waals surface area (Å²) in [7, 11) is 1.44. The minimum atomic E-state index is -0.674. The smallest absolute Gasteiger partial charge is 0.312 e. The molecule has 0 aliphatic heterocycles. The highest BCUT2D eigenvalue weighted by atomic mass is 16.6. The first kappa shape index (κ1) is 14.8. The van der Waals surface area contributed by atoms with Gasteiger partial charge in [-0.3, -0.25) is 10.1 Å². The Labute approximate surface area is 125 Å². The van der Waals surface area contributed by atoms with Gasteiger partial charge in [-0.15, -0.1) is 0 Å². The number of rotatable bonds is 4. The minimum Gasteiger partial charge on any atom is -0.493 e. The van der Waals surface area contributed by atoms with Crippen molar-refractivity contribution in [2.45, 2.75) is 0 Å². The van der Waals surface area contributed by atoms with E-state index in [-0.39, 0.29) is 22.6 Å². The second kappa shape index (κ2) is 6.25. The Balaban J connectivity index is 2.57. The highest BCUT2D eigenvalue weighted by Gasteiger charge is 2.21. The summed E-state index contributed by atoms with van der Waals surface area (Å²) in [5.74, 6) is 0.520. The molecule has 0 saturated heterocycles. The van der Waals surface area contributed by atoms with Crippen LogP contribution < -0.4 is 9.47 Å². The molecule has 0 aliphatic carbocycles. The maximum Gasteiger partial charge on any atom is 0.312 e. The van der Waals surface area contributed by atoms with Crippen molar-refractivity contribution in [1.29, 1.82) is 10.5 Å². The Hall–Kier alpha value is -3.58. The van der Waals surface area contributed by atoms with Crippen LogP contribution in [0.4, 0.5) is 5.69 Å². The van der Waals surface area contributed by atoms with Gasteiger partial charge in [-0.1, -0.05) is 12.1 Å². The van der Waals surface area contributed by atoms with Crippen LogP contribution in [0.5, 0.6) is 17.2 Å². The van der Waals surface area contributed by atoms with E-state index in [1.54, 1.807) is 30.3 Å². The van der Waals surface area contributed by atoms with E-state index in [0.29, 0.717) is 5.75 Å². The van der Waals surface area contributed by atoms with Crippen LogP contribution in [0.15, 0.2) is 36.4 Å². The molecule has 2 rings (SSSR count). The Morgan fingerprint density at radius 2 is 1.64 bits per heavy atom. The van der Waals surface area contributed by atoms with Crippen LogP contribution in [-0.2, 0) is 0 Å². The predicted octanol–water partition coefficient (Wildman–Crippen LogP) is 3.14. The molecule has 0 aromatic heterocycles. The first-order valence-electron chi connectivity index (χ1n) is 6.04. The normalized spacial score (nSPS) is 9.41. The number of hydrogen-bond donors (Lipinski definition) is 0. The summed E-state index contributed by atoms with van der Waals surface area (Å²) in [4.78, 5) is 10.5. The van der Waals surface area contributed by atoms with Crippen molar-refractivity contribution in [1.82, 2.24) is 0 Å². The van der Waals surface area contributed by atoms with Crippen LogP contribution in [0.3, 0.4) is 0 Å². The van der Waals surface area contributed by atoms with E-state index in [0.717, 1.165) is 6.07 Å². The van der Waals surface area contributed by atoms with E-state index in [4.69, 9.17) is 20.0 Å². The van der Waals surface area contributed by atoms with Gasteiger partial charge in [0.2, 0.25) is 5.75 Å². The van der Waals surface area contributed by atoms with Crippen molar-refractivity contribution in [3.8, 4) is 29.4 Å². The molecule has 0 atom stereocenters. The summed E-state index contributed by atoms with van der Waals surface area (Å²) in [6.45, 7) is 0. The van der Waals surface area contributed by atoms with Gasteiger partial charge in [0.05, 0.1) is 23.2 Å². The zero-order valence-electron chi connectivity index (χ0n) is 11.4. The number of benzene rings is 2. The number of methoxy groups -OCH3 is 1. The fourth-order valence-electron chi connectivity index (χ4n) is 1.80. The van der Waals surface area contributed by atoms with Gasteiger partial charge in [0.15, 0.2) is 11.5 Å². The monoisotopic (exact) mass is 295 g/mol. The van der Waals surface area contributed by atoms with E-state index in [9.17, 15) is 10.1 Å². The largest absolute Gasteiger partial charge is 0.493 e. The van der Waals surface area contributed by atoms with Crippen molar-refractivity contribution in [2.75, 3.05) is 7.11 Å². The molecule has 7 nitrogen and oxygen atoms in total. The third-order valence-corrected chi connectivity index (χ3v) is 2.83. The van der Waals surface area contributed by atoms with Gasteiger partial charge in [-0.05, 0) is 12.1 Å². The van der Waals surface area contributed by atoms with E-state index in [1.807, 2.05) is 6.07 Å². The SMILES string of the molecule is COc1ccccc1Oc1cc(C#N)c(C#N)cc1[N+](=O)[O-]. The third-order valence-electron chi connectivity index (χ3n) is 2.83. The second-order valence-electron chi connectivity index (χ2n) is 4.10. The molecule has 0 heterocycles. The number of hydrogen-bond acceptors (Lipinski definition) is 6. The summed E-state index contributed by atoms with van der Waals surface area (Å²) in [6.07, 6.45) is 0. The highest BCUT2D eigenvalue weighted by molar-refractivity contribution is 5.60. The van der Waals surface area contributed by atoms with E-state index < -0.39 is 10.6 Å².